The average Bonchev–Trinajstić information content (AvgIpc) is 3.22. The SMILES string of the molecule is CCCCCCCCCCCCCCCCCCCCCC(=O)OC[C@@H](COC(=O)CCCCCCCCCCCC)OC(=O)CCCCCCCCCCCCC. The number of hydrogen-bond acceptors (Lipinski definition) is 6. The lowest BCUT2D eigenvalue weighted by atomic mass is 10.0. The molecule has 0 unspecified atom stereocenters. The fourth-order valence-corrected chi connectivity index (χ4v) is 7.92. The number of ether oxygens (including phenoxy) is 3. The van der Waals surface area contributed by atoms with Crippen LogP contribution in [0.5, 0.6) is 0 Å². The molecule has 0 fully saturated rings. The van der Waals surface area contributed by atoms with Crippen molar-refractivity contribution in [1.29, 1.82) is 0 Å². The van der Waals surface area contributed by atoms with Crippen LogP contribution in [0.25, 0.3) is 0 Å². The molecule has 0 aromatic heterocycles. The largest absolute Gasteiger partial charge is 0.462 e. The minimum atomic E-state index is -0.758. The van der Waals surface area contributed by atoms with Crippen molar-refractivity contribution in [1.82, 2.24) is 0 Å². The molecule has 0 heterocycles. The van der Waals surface area contributed by atoms with Crippen LogP contribution >= 0.6 is 0 Å². The Morgan fingerprint density at radius 1 is 0.276 bits per heavy atom. The lowest BCUT2D eigenvalue weighted by Gasteiger charge is -2.18. The van der Waals surface area contributed by atoms with Crippen molar-refractivity contribution in [2.24, 2.45) is 0 Å². The zero-order valence-electron chi connectivity index (χ0n) is 39.3. The molecule has 0 aliphatic heterocycles. The number of carbonyl (C=O) groups excluding carboxylic acids is 3. The number of rotatable bonds is 48. The molecule has 0 N–H and O–H groups in total. The second-order valence-electron chi connectivity index (χ2n) is 17.8. The van der Waals surface area contributed by atoms with E-state index in [4.69, 9.17) is 14.2 Å². The topological polar surface area (TPSA) is 78.9 Å². The highest BCUT2D eigenvalue weighted by Gasteiger charge is 2.19. The van der Waals surface area contributed by atoms with Gasteiger partial charge in [-0.15, -0.1) is 0 Å². The van der Waals surface area contributed by atoms with Gasteiger partial charge in [0.25, 0.3) is 0 Å². The first-order chi connectivity index (χ1) is 28.5. The summed E-state index contributed by atoms with van der Waals surface area (Å²) in [6, 6.07) is 0. The molecule has 0 aromatic rings. The van der Waals surface area contributed by atoms with Gasteiger partial charge in [-0.25, -0.2) is 0 Å². The van der Waals surface area contributed by atoms with E-state index in [1.807, 2.05) is 0 Å². The van der Waals surface area contributed by atoms with Gasteiger partial charge >= 0.3 is 17.9 Å². The van der Waals surface area contributed by atoms with Crippen LogP contribution in [-0.4, -0.2) is 37.2 Å². The van der Waals surface area contributed by atoms with Crippen molar-refractivity contribution in [3.8, 4) is 0 Å². The van der Waals surface area contributed by atoms with E-state index in [0.717, 1.165) is 57.8 Å². The first-order valence-electron chi connectivity index (χ1n) is 26.0. The van der Waals surface area contributed by atoms with Crippen molar-refractivity contribution >= 4 is 17.9 Å². The van der Waals surface area contributed by atoms with Crippen molar-refractivity contribution in [2.45, 2.75) is 303 Å². The first kappa shape index (κ1) is 56.4. The molecule has 0 aliphatic carbocycles. The fraction of sp³-hybridized carbons (Fsp3) is 0.942. The summed E-state index contributed by atoms with van der Waals surface area (Å²) in [7, 11) is 0. The van der Waals surface area contributed by atoms with Crippen molar-refractivity contribution in [3.05, 3.63) is 0 Å². The van der Waals surface area contributed by atoms with Crippen LogP contribution in [0, 0.1) is 0 Å². The standard InChI is InChI=1S/C52H100O6/c1-4-7-10-13-16-19-22-23-24-25-26-27-28-29-31-33-36-39-42-45-51(54)57-48-49(47-56-50(53)44-41-38-35-32-21-18-15-12-9-6-3)58-52(55)46-43-40-37-34-30-20-17-14-11-8-5-2/h49H,4-48H2,1-3H3/t49-/m1/s1. The summed E-state index contributed by atoms with van der Waals surface area (Å²) in [6.45, 7) is 6.66. The maximum atomic E-state index is 12.7. The Kier molecular flexibility index (Phi) is 46.8. The van der Waals surface area contributed by atoms with Crippen LogP contribution in [0.2, 0.25) is 0 Å². The highest BCUT2D eigenvalue weighted by Crippen LogP contribution is 2.17. The van der Waals surface area contributed by atoms with Crippen molar-refractivity contribution < 1.29 is 28.6 Å². The normalized spacial score (nSPS) is 11.8. The van der Waals surface area contributed by atoms with Gasteiger partial charge in [0.15, 0.2) is 6.10 Å². The summed E-state index contributed by atoms with van der Waals surface area (Å²) in [5.74, 6) is -0.844. The highest BCUT2D eigenvalue weighted by atomic mass is 16.6. The molecule has 0 aliphatic rings. The second-order valence-corrected chi connectivity index (χ2v) is 17.8. The number of carbonyl (C=O) groups is 3. The Morgan fingerprint density at radius 3 is 0.690 bits per heavy atom. The maximum Gasteiger partial charge on any atom is 0.306 e. The first-order valence-corrected chi connectivity index (χ1v) is 26.0. The molecule has 0 radical (unpaired) electrons. The van der Waals surface area contributed by atoms with Gasteiger partial charge in [0, 0.05) is 19.3 Å². The predicted octanol–water partition coefficient (Wildman–Crippen LogP) is 16.8. The molecular formula is C52H100O6. The third kappa shape index (κ3) is 45.5. The Bertz CT molecular complexity index is 859. The fourth-order valence-electron chi connectivity index (χ4n) is 7.92. The highest BCUT2D eigenvalue weighted by molar-refractivity contribution is 5.71. The van der Waals surface area contributed by atoms with Gasteiger partial charge in [-0.3, -0.25) is 14.4 Å². The van der Waals surface area contributed by atoms with Crippen LogP contribution in [0.4, 0.5) is 0 Å². The molecule has 0 saturated heterocycles. The van der Waals surface area contributed by atoms with Gasteiger partial charge in [-0.1, -0.05) is 258 Å². The predicted molar refractivity (Wildman–Crippen MR) is 247 cm³/mol. The number of hydrogen-bond donors (Lipinski definition) is 0. The van der Waals surface area contributed by atoms with Crippen molar-refractivity contribution in [2.75, 3.05) is 13.2 Å². The maximum absolute atomic E-state index is 12.7. The second kappa shape index (κ2) is 48.1. The van der Waals surface area contributed by atoms with E-state index >= 15 is 0 Å². The molecule has 58 heavy (non-hydrogen) atoms. The van der Waals surface area contributed by atoms with E-state index in [1.165, 1.54) is 199 Å². The summed E-state index contributed by atoms with van der Waals surface area (Å²) < 4.78 is 16.8. The lowest BCUT2D eigenvalue weighted by Crippen LogP contribution is -2.30. The molecule has 6 heteroatoms. The van der Waals surface area contributed by atoms with Gasteiger partial charge in [-0.2, -0.15) is 0 Å². The number of esters is 3. The molecule has 0 spiro atoms. The average molecular weight is 821 g/mol. The zero-order chi connectivity index (χ0) is 42.3. The summed E-state index contributed by atoms with van der Waals surface area (Å²) >= 11 is 0. The van der Waals surface area contributed by atoms with E-state index in [9.17, 15) is 14.4 Å². The molecule has 0 saturated carbocycles. The van der Waals surface area contributed by atoms with E-state index in [0.29, 0.717) is 19.3 Å². The van der Waals surface area contributed by atoms with E-state index in [1.54, 1.807) is 0 Å². The van der Waals surface area contributed by atoms with Crippen LogP contribution in [-0.2, 0) is 28.6 Å². The van der Waals surface area contributed by atoms with Crippen molar-refractivity contribution in [3.63, 3.8) is 0 Å². The zero-order valence-corrected chi connectivity index (χ0v) is 39.3. The molecule has 0 rings (SSSR count). The molecule has 0 amide bonds. The minimum absolute atomic E-state index is 0.0620. The summed E-state index contributed by atoms with van der Waals surface area (Å²) in [6.07, 6.45) is 50.9. The van der Waals surface area contributed by atoms with Crippen LogP contribution in [0.15, 0.2) is 0 Å². The third-order valence-corrected chi connectivity index (χ3v) is 11.9. The monoisotopic (exact) mass is 821 g/mol. The Labute approximate surface area is 361 Å². The lowest BCUT2D eigenvalue weighted by molar-refractivity contribution is -0.167. The summed E-state index contributed by atoms with van der Waals surface area (Å²) in [4.78, 5) is 37.8. The van der Waals surface area contributed by atoms with Gasteiger partial charge < -0.3 is 14.2 Å². The molecule has 344 valence electrons. The Morgan fingerprint density at radius 2 is 0.466 bits per heavy atom. The quantitative estimate of drug-likeness (QED) is 0.0346. The van der Waals surface area contributed by atoms with Crippen LogP contribution in [0.1, 0.15) is 297 Å². The molecule has 6 nitrogen and oxygen atoms in total. The summed E-state index contributed by atoms with van der Waals surface area (Å²) in [5.41, 5.74) is 0. The molecule has 0 bridgehead atoms. The smallest absolute Gasteiger partial charge is 0.306 e. The molecular weight excluding hydrogens is 721 g/mol. The van der Waals surface area contributed by atoms with Crippen LogP contribution < -0.4 is 0 Å². The van der Waals surface area contributed by atoms with E-state index < -0.39 is 6.10 Å². The number of unbranched alkanes of at least 4 members (excludes halogenated alkanes) is 37. The van der Waals surface area contributed by atoms with Gasteiger partial charge in [0.1, 0.15) is 13.2 Å². The molecule has 0 aromatic carbocycles. The van der Waals surface area contributed by atoms with Gasteiger partial charge in [0.2, 0.25) is 0 Å². The van der Waals surface area contributed by atoms with E-state index in [2.05, 4.69) is 20.8 Å². The Balaban J connectivity index is 4.20. The molecule has 1 atom stereocenters. The third-order valence-electron chi connectivity index (χ3n) is 11.9. The van der Waals surface area contributed by atoms with E-state index in [-0.39, 0.29) is 31.1 Å². The van der Waals surface area contributed by atoms with Gasteiger partial charge in [-0.05, 0) is 19.3 Å². The summed E-state index contributed by atoms with van der Waals surface area (Å²) in [5, 5.41) is 0. The van der Waals surface area contributed by atoms with Gasteiger partial charge in [0.05, 0.1) is 0 Å². The minimum Gasteiger partial charge on any atom is -0.462 e. The Hall–Kier alpha value is -1.59. The van der Waals surface area contributed by atoms with Crippen LogP contribution in [0.3, 0.4) is 0 Å².